The van der Waals surface area contributed by atoms with Gasteiger partial charge in [-0.1, -0.05) is 6.07 Å². The second kappa shape index (κ2) is 8.01. The fraction of sp³-hybridized carbons (Fsp3) is 0.174. The number of rotatable bonds is 3. The number of amides is 2. The van der Waals surface area contributed by atoms with E-state index in [4.69, 9.17) is 0 Å². The molecule has 8 nitrogen and oxygen atoms in total. The highest BCUT2D eigenvalue weighted by atomic mass is 32.1. The zero-order valence-electron chi connectivity index (χ0n) is 17.2. The van der Waals surface area contributed by atoms with Crippen molar-refractivity contribution in [1.29, 1.82) is 0 Å². The summed E-state index contributed by atoms with van der Waals surface area (Å²) in [5.74, 6) is -0.630. The first kappa shape index (κ1) is 20.1. The summed E-state index contributed by atoms with van der Waals surface area (Å²) in [6, 6.07) is 10.7. The van der Waals surface area contributed by atoms with Crippen LogP contribution in [0.1, 0.15) is 32.0 Å². The van der Waals surface area contributed by atoms with Crippen molar-refractivity contribution >= 4 is 39.1 Å². The lowest BCUT2D eigenvalue weighted by atomic mass is 9.95. The number of carbonyl (C=O) groups excluding carboxylic acids is 2. The highest BCUT2D eigenvalue weighted by Gasteiger charge is 2.28. The Morgan fingerprint density at radius 1 is 1.16 bits per heavy atom. The van der Waals surface area contributed by atoms with E-state index in [0.717, 1.165) is 15.8 Å². The van der Waals surface area contributed by atoms with Crippen LogP contribution in [0.4, 0.5) is 5.69 Å². The maximum Gasteiger partial charge on any atom is 0.272 e. The number of anilines is 1. The number of hydrogen-bond donors (Lipinski definition) is 1. The molecule has 5 rings (SSSR count). The molecule has 1 aromatic carbocycles. The van der Waals surface area contributed by atoms with Crippen LogP contribution in [0.5, 0.6) is 0 Å². The Kier molecular flexibility index (Phi) is 5.02. The summed E-state index contributed by atoms with van der Waals surface area (Å²) in [5.41, 5.74) is 4.71. The van der Waals surface area contributed by atoms with Gasteiger partial charge in [0, 0.05) is 38.2 Å². The van der Waals surface area contributed by atoms with Crippen molar-refractivity contribution < 1.29 is 9.59 Å². The molecule has 2 amide bonds. The Labute approximate surface area is 187 Å². The van der Waals surface area contributed by atoms with Gasteiger partial charge in [-0.15, -0.1) is 11.3 Å². The van der Waals surface area contributed by atoms with E-state index < -0.39 is 5.91 Å². The maximum absolute atomic E-state index is 13.1. The van der Waals surface area contributed by atoms with Gasteiger partial charge < -0.3 is 14.8 Å². The van der Waals surface area contributed by atoms with E-state index in [0.29, 0.717) is 36.5 Å². The third kappa shape index (κ3) is 3.56. The summed E-state index contributed by atoms with van der Waals surface area (Å²) < 4.78 is 2.42. The molecule has 0 fully saturated rings. The SMILES string of the molecule is Cn1cc2c(c(C(=O)Nc3ccc4scnc4c3)c1=O)CCN(C(=O)c1ccccn1)C2. The van der Waals surface area contributed by atoms with E-state index in [1.807, 2.05) is 6.07 Å². The van der Waals surface area contributed by atoms with Crippen LogP contribution in [0.2, 0.25) is 0 Å². The van der Waals surface area contributed by atoms with Crippen molar-refractivity contribution in [2.24, 2.45) is 7.05 Å². The van der Waals surface area contributed by atoms with E-state index in [-0.39, 0.29) is 17.0 Å². The topological polar surface area (TPSA) is 97.2 Å². The number of hydrogen-bond acceptors (Lipinski definition) is 6. The average molecular weight is 446 g/mol. The molecule has 0 spiro atoms. The molecule has 3 aromatic heterocycles. The molecule has 1 aliphatic heterocycles. The second-order valence-corrected chi connectivity index (χ2v) is 8.49. The molecule has 0 aliphatic carbocycles. The van der Waals surface area contributed by atoms with Gasteiger partial charge in [0.1, 0.15) is 11.3 Å². The Morgan fingerprint density at radius 3 is 2.84 bits per heavy atom. The number of nitrogens with one attached hydrogen (secondary N) is 1. The first-order valence-electron chi connectivity index (χ1n) is 10.1. The highest BCUT2D eigenvalue weighted by Crippen LogP contribution is 2.24. The van der Waals surface area contributed by atoms with Gasteiger partial charge in [-0.3, -0.25) is 19.4 Å². The van der Waals surface area contributed by atoms with Crippen LogP contribution < -0.4 is 10.9 Å². The second-order valence-electron chi connectivity index (χ2n) is 7.60. The monoisotopic (exact) mass is 445 g/mol. The quantitative estimate of drug-likeness (QED) is 0.523. The number of pyridine rings is 2. The van der Waals surface area contributed by atoms with Gasteiger partial charge in [0.2, 0.25) is 0 Å². The molecular formula is C23H19N5O3S. The van der Waals surface area contributed by atoms with E-state index in [1.165, 1.54) is 15.9 Å². The molecule has 0 bridgehead atoms. The number of aromatic nitrogens is 3. The summed E-state index contributed by atoms with van der Waals surface area (Å²) in [6.07, 6.45) is 3.70. The normalized spacial score (nSPS) is 13.1. The van der Waals surface area contributed by atoms with E-state index >= 15 is 0 Å². The van der Waals surface area contributed by atoms with Gasteiger partial charge in [-0.2, -0.15) is 0 Å². The lowest BCUT2D eigenvalue weighted by molar-refractivity contribution is 0.0728. The van der Waals surface area contributed by atoms with Gasteiger partial charge in [-0.25, -0.2) is 4.98 Å². The molecular weight excluding hydrogens is 426 g/mol. The van der Waals surface area contributed by atoms with Crippen molar-refractivity contribution in [3.63, 3.8) is 0 Å². The minimum atomic E-state index is -0.457. The Morgan fingerprint density at radius 2 is 2.03 bits per heavy atom. The molecule has 4 heterocycles. The van der Waals surface area contributed by atoms with Crippen molar-refractivity contribution in [2.75, 3.05) is 11.9 Å². The van der Waals surface area contributed by atoms with Crippen molar-refractivity contribution in [2.45, 2.75) is 13.0 Å². The van der Waals surface area contributed by atoms with Crippen LogP contribution >= 0.6 is 11.3 Å². The molecule has 0 atom stereocenters. The lowest BCUT2D eigenvalue weighted by Gasteiger charge is -2.30. The number of thiazole rings is 1. The van der Waals surface area contributed by atoms with Crippen LogP contribution in [-0.2, 0) is 20.0 Å². The predicted octanol–water partition coefficient (Wildman–Crippen LogP) is 2.84. The molecule has 0 radical (unpaired) electrons. The highest BCUT2D eigenvalue weighted by molar-refractivity contribution is 7.16. The van der Waals surface area contributed by atoms with E-state index in [9.17, 15) is 14.4 Å². The van der Waals surface area contributed by atoms with Crippen LogP contribution in [0, 0.1) is 0 Å². The van der Waals surface area contributed by atoms with Gasteiger partial charge in [0.15, 0.2) is 0 Å². The third-order valence-electron chi connectivity index (χ3n) is 5.55. The van der Waals surface area contributed by atoms with Gasteiger partial charge in [0.05, 0.1) is 15.7 Å². The molecule has 0 saturated carbocycles. The van der Waals surface area contributed by atoms with E-state index in [1.54, 1.807) is 60.2 Å². The summed E-state index contributed by atoms with van der Waals surface area (Å²) >= 11 is 1.52. The molecule has 0 unspecified atom stereocenters. The molecule has 4 aromatic rings. The Bertz CT molecular complexity index is 1410. The molecule has 1 N–H and O–H groups in total. The average Bonchev–Trinajstić information content (AvgIpc) is 3.27. The molecule has 32 heavy (non-hydrogen) atoms. The number of fused-ring (bicyclic) bond motifs is 2. The summed E-state index contributed by atoms with van der Waals surface area (Å²) in [6.45, 7) is 0.713. The zero-order chi connectivity index (χ0) is 22.2. The maximum atomic E-state index is 13.1. The van der Waals surface area contributed by atoms with Crippen molar-refractivity contribution in [1.82, 2.24) is 19.4 Å². The van der Waals surface area contributed by atoms with Gasteiger partial charge in [-0.05, 0) is 47.9 Å². The van der Waals surface area contributed by atoms with Crippen molar-refractivity contribution in [3.8, 4) is 0 Å². The Balaban J connectivity index is 1.45. The van der Waals surface area contributed by atoms with E-state index in [2.05, 4.69) is 15.3 Å². The third-order valence-corrected chi connectivity index (χ3v) is 6.36. The van der Waals surface area contributed by atoms with Gasteiger partial charge in [0.25, 0.3) is 17.4 Å². The number of benzene rings is 1. The number of aryl methyl sites for hydroxylation is 1. The predicted molar refractivity (Wildman–Crippen MR) is 122 cm³/mol. The molecule has 9 heteroatoms. The Hall–Kier alpha value is -3.85. The van der Waals surface area contributed by atoms with Crippen LogP contribution in [0.15, 0.2) is 59.1 Å². The fourth-order valence-electron chi connectivity index (χ4n) is 3.98. The first-order valence-corrected chi connectivity index (χ1v) is 11.0. The first-order chi connectivity index (χ1) is 15.5. The van der Waals surface area contributed by atoms with Crippen LogP contribution in [0.25, 0.3) is 10.2 Å². The molecule has 160 valence electrons. The van der Waals surface area contributed by atoms with Crippen molar-refractivity contribution in [3.05, 3.63) is 87.0 Å². The van der Waals surface area contributed by atoms with Crippen LogP contribution in [-0.4, -0.2) is 37.8 Å². The van der Waals surface area contributed by atoms with Crippen LogP contribution in [0.3, 0.4) is 0 Å². The molecule has 1 aliphatic rings. The standard InChI is InChI=1S/C23H19N5O3S/c1-27-11-14-12-28(22(30)17-4-2-3-8-24-17)9-7-16(14)20(23(27)31)21(29)26-15-5-6-19-18(10-15)25-13-32-19/h2-6,8,10-11,13H,7,9,12H2,1H3,(H,26,29). The lowest BCUT2D eigenvalue weighted by Crippen LogP contribution is -2.40. The smallest absolute Gasteiger partial charge is 0.272 e. The largest absolute Gasteiger partial charge is 0.333 e. The number of nitrogens with zero attached hydrogens (tertiary/aromatic N) is 4. The summed E-state index contributed by atoms with van der Waals surface area (Å²) in [4.78, 5) is 48.9. The van der Waals surface area contributed by atoms with Gasteiger partial charge >= 0.3 is 0 Å². The minimum Gasteiger partial charge on any atom is -0.333 e. The number of carbonyl (C=O) groups is 2. The molecule has 0 saturated heterocycles. The summed E-state index contributed by atoms with van der Waals surface area (Å²) in [5, 5.41) is 2.84. The minimum absolute atomic E-state index is 0.119. The zero-order valence-corrected chi connectivity index (χ0v) is 18.1. The fourth-order valence-corrected chi connectivity index (χ4v) is 4.64. The summed E-state index contributed by atoms with van der Waals surface area (Å²) in [7, 11) is 1.61.